The smallest absolute Gasteiger partial charge is 0.417 e. The van der Waals surface area contributed by atoms with Gasteiger partial charge in [0.05, 0.1) is 5.92 Å². The molecule has 0 unspecified atom stereocenters. The van der Waals surface area contributed by atoms with Crippen LogP contribution < -0.4 is 0 Å². The number of hydrogen-bond donors (Lipinski definition) is 0. The van der Waals surface area contributed by atoms with E-state index in [1.807, 2.05) is 37.3 Å². The molecule has 0 spiro atoms. The molecule has 28 heavy (non-hydrogen) atoms. The fraction of sp³-hybridized carbons (Fsp3) is 0.500. The molecule has 2 atom stereocenters. The quantitative estimate of drug-likeness (QED) is 0.584. The molecule has 150 valence electrons. The number of nitrogens with zero attached hydrogens (tertiary/aromatic N) is 1. The summed E-state index contributed by atoms with van der Waals surface area (Å²) in [6, 6.07) is 8.23. The number of esters is 1. The topological polar surface area (TPSA) is 72.9 Å². The highest BCUT2D eigenvalue weighted by atomic mass is 16.6. The first-order valence-corrected chi connectivity index (χ1v) is 9.45. The molecule has 0 saturated carbocycles. The largest absolute Gasteiger partial charge is 0.459 e. The molecule has 1 aliphatic rings. The summed E-state index contributed by atoms with van der Waals surface area (Å²) in [5, 5.41) is 0. The molecular formula is C22H27NO5. The molecule has 1 fully saturated rings. The first kappa shape index (κ1) is 21.5. The van der Waals surface area contributed by atoms with Crippen molar-refractivity contribution in [3.63, 3.8) is 0 Å². The molecule has 2 rings (SSSR count). The number of likely N-dealkylation sites (tertiary alicyclic amines) is 1. The first-order valence-electron chi connectivity index (χ1n) is 9.45. The van der Waals surface area contributed by atoms with Crippen LogP contribution in [0.1, 0.15) is 52.5 Å². The summed E-state index contributed by atoms with van der Waals surface area (Å²) in [5.41, 5.74) is 0.0463. The molecule has 6 nitrogen and oxygen atoms in total. The Morgan fingerprint density at radius 2 is 1.86 bits per heavy atom. The van der Waals surface area contributed by atoms with E-state index >= 15 is 0 Å². The van der Waals surface area contributed by atoms with E-state index in [9.17, 15) is 14.4 Å². The molecule has 1 aromatic carbocycles. The number of ether oxygens (including phenoxy) is 2. The van der Waals surface area contributed by atoms with Crippen molar-refractivity contribution in [1.29, 1.82) is 0 Å². The van der Waals surface area contributed by atoms with Gasteiger partial charge in [-0.3, -0.25) is 4.79 Å². The zero-order valence-electron chi connectivity index (χ0n) is 16.9. The molecule has 0 bridgehead atoms. The van der Waals surface area contributed by atoms with E-state index in [-0.39, 0.29) is 13.0 Å². The van der Waals surface area contributed by atoms with Crippen molar-refractivity contribution in [1.82, 2.24) is 4.90 Å². The molecule has 1 heterocycles. The van der Waals surface area contributed by atoms with Crippen LogP contribution in [0.5, 0.6) is 0 Å². The Balaban J connectivity index is 2.15. The number of benzene rings is 1. The molecule has 0 N–H and O–H groups in total. The second-order valence-corrected chi connectivity index (χ2v) is 7.64. The van der Waals surface area contributed by atoms with Gasteiger partial charge in [-0.15, -0.1) is 11.8 Å². The van der Waals surface area contributed by atoms with Crippen LogP contribution in [0.15, 0.2) is 30.3 Å². The Labute approximate surface area is 166 Å². The van der Waals surface area contributed by atoms with Crippen molar-refractivity contribution >= 4 is 18.0 Å². The second kappa shape index (κ2) is 9.41. The van der Waals surface area contributed by atoms with Crippen LogP contribution in [0.4, 0.5) is 4.79 Å². The number of carbonyl (C=O) groups excluding carboxylic acids is 3. The minimum atomic E-state index is -1.00. The summed E-state index contributed by atoms with van der Waals surface area (Å²) in [5.74, 6) is 4.26. The predicted octanol–water partition coefficient (Wildman–Crippen LogP) is 3.69. The SMILES string of the molecule is CCC#CC[C@@H]1C[C@@H](C(=O)OCc2ccccc2)N(C(=O)OC(C)(C)C)C1=O. The predicted molar refractivity (Wildman–Crippen MR) is 104 cm³/mol. The maximum absolute atomic E-state index is 12.8. The third kappa shape index (κ3) is 5.85. The lowest BCUT2D eigenvalue weighted by molar-refractivity contribution is -0.152. The lowest BCUT2D eigenvalue weighted by atomic mass is 10.0. The summed E-state index contributed by atoms with van der Waals surface area (Å²) >= 11 is 0. The van der Waals surface area contributed by atoms with Crippen LogP contribution in [-0.2, 0) is 25.7 Å². The van der Waals surface area contributed by atoms with E-state index in [1.165, 1.54) is 0 Å². The Hall–Kier alpha value is -2.81. The Bertz CT molecular complexity index is 770. The summed E-state index contributed by atoms with van der Waals surface area (Å²) < 4.78 is 10.7. The van der Waals surface area contributed by atoms with Crippen molar-refractivity contribution in [3.8, 4) is 11.8 Å². The average molecular weight is 385 g/mol. The fourth-order valence-corrected chi connectivity index (χ4v) is 2.87. The van der Waals surface area contributed by atoms with Gasteiger partial charge in [0.1, 0.15) is 18.2 Å². The lowest BCUT2D eigenvalue weighted by Crippen LogP contribution is -2.46. The molecular weight excluding hydrogens is 358 g/mol. The van der Waals surface area contributed by atoms with Crippen LogP contribution in [0, 0.1) is 17.8 Å². The standard InChI is InChI=1S/C22H27NO5/c1-5-6-8-13-17-14-18(20(25)27-15-16-11-9-7-10-12-16)23(19(17)24)21(26)28-22(2,3)4/h7,9-12,17-18H,5,13-15H2,1-4H3/t17-,18+/m1/s1. The number of amides is 2. The summed E-state index contributed by atoms with van der Waals surface area (Å²) in [6.45, 7) is 7.11. The molecule has 2 amide bonds. The second-order valence-electron chi connectivity index (χ2n) is 7.64. The molecule has 1 saturated heterocycles. The van der Waals surface area contributed by atoms with E-state index < -0.39 is 35.5 Å². The van der Waals surface area contributed by atoms with Crippen molar-refractivity contribution in [3.05, 3.63) is 35.9 Å². The van der Waals surface area contributed by atoms with Gasteiger partial charge in [-0.05, 0) is 32.8 Å². The molecule has 0 radical (unpaired) electrons. The van der Waals surface area contributed by atoms with E-state index in [4.69, 9.17) is 9.47 Å². The third-order valence-corrected chi connectivity index (χ3v) is 4.14. The van der Waals surface area contributed by atoms with Gasteiger partial charge in [0.25, 0.3) is 0 Å². The number of imide groups is 1. The molecule has 0 aromatic heterocycles. The zero-order valence-corrected chi connectivity index (χ0v) is 16.9. The van der Waals surface area contributed by atoms with Crippen molar-refractivity contribution in [2.75, 3.05) is 0 Å². The van der Waals surface area contributed by atoms with Crippen molar-refractivity contribution in [2.24, 2.45) is 5.92 Å². The van der Waals surface area contributed by atoms with Crippen LogP contribution in [0.2, 0.25) is 0 Å². The summed E-state index contributed by atoms with van der Waals surface area (Å²) in [7, 11) is 0. The molecule has 0 aliphatic carbocycles. The Kier molecular flexibility index (Phi) is 7.22. The van der Waals surface area contributed by atoms with Crippen LogP contribution in [-0.4, -0.2) is 34.5 Å². The number of rotatable bonds is 4. The highest BCUT2D eigenvalue weighted by Crippen LogP contribution is 2.30. The summed E-state index contributed by atoms with van der Waals surface area (Å²) in [4.78, 5) is 38.9. The third-order valence-electron chi connectivity index (χ3n) is 4.14. The lowest BCUT2D eigenvalue weighted by Gasteiger charge is -2.26. The van der Waals surface area contributed by atoms with Crippen molar-refractivity contribution in [2.45, 2.75) is 65.2 Å². The maximum Gasteiger partial charge on any atom is 0.417 e. The van der Waals surface area contributed by atoms with E-state index in [1.54, 1.807) is 20.8 Å². The first-order chi connectivity index (χ1) is 13.2. The highest BCUT2D eigenvalue weighted by Gasteiger charge is 2.48. The van der Waals surface area contributed by atoms with E-state index in [0.29, 0.717) is 12.8 Å². The van der Waals surface area contributed by atoms with Gasteiger partial charge in [0.2, 0.25) is 5.91 Å². The normalized spacial score (nSPS) is 19.0. The zero-order chi connectivity index (χ0) is 20.7. The van der Waals surface area contributed by atoms with Gasteiger partial charge >= 0.3 is 12.1 Å². The van der Waals surface area contributed by atoms with Gasteiger partial charge in [0, 0.05) is 12.8 Å². The molecule has 6 heteroatoms. The Morgan fingerprint density at radius 3 is 2.46 bits per heavy atom. The monoisotopic (exact) mass is 385 g/mol. The van der Waals surface area contributed by atoms with Crippen molar-refractivity contribution < 1.29 is 23.9 Å². The fourth-order valence-electron chi connectivity index (χ4n) is 2.87. The Morgan fingerprint density at radius 1 is 1.18 bits per heavy atom. The van der Waals surface area contributed by atoms with Gasteiger partial charge in [0.15, 0.2) is 0 Å². The number of hydrogen-bond acceptors (Lipinski definition) is 5. The average Bonchev–Trinajstić information content (AvgIpc) is 2.96. The minimum Gasteiger partial charge on any atom is -0.459 e. The van der Waals surface area contributed by atoms with E-state index in [0.717, 1.165) is 10.5 Å². The van der Waals surface area contributed by atoms with Gasteiger partial charge in [-0.1, -0.05) is 37.3 Å². The molecule has 1 aliphatic heterocycles. The van der Waals surface area contributed by atoms with Gasteiger partial charge < -0.3 is 9.47 Å². The maximum atomic E-state index is 12.8. The minimum absolute atomic E-state index is 0.0762. The van der Waals surface area contributed by atoms with Gasteiger partial charge in [-0.2, -0.15) is 0 Å². The number of carbonyl (C=O) groups is 3. The van der Waals surface area contributed by atoms with Gasteiger partial charge in [-0.25, -0.2) is 14.5 Å². The van der Waals surface area contributed by atoms with E-state index in [2.05, 4.69) is 11.8 Å². The van der Waals surface area contributed by atoms with Crippen LogP contribution in [0.25, 0.3) is 0 Å². The molecule has 1 aromatic rings. The van der Waals surface area contributed by atoms with Crippen LogP contribution in [0.3, 0.4) is 0 Å². The highest BCUT2D eigenvalue weighted by molar-refractivity contribution is 6.00. The van der Waals surface area contributed by atoms with Crippen LogP contribution >= 0.6 is 0 Å². The summed E-state index contributed by atoms with van der Waals surface area (Å²) in [6.07, 6.45) is 0.336.